The first-order valence-corrected chi connectivity index (χ1v) is 3.39. The van der Waals surface area contributed by atoms with Crippen LogP contribution < -0.4 is 0 Å². The van der Waals surface area contributed by atoms with Crippen molar-refractivity contribution in [1.82, 2.24) is 0 Å². The van der Waals surface area contributed by atoms with E-state index < -0.39 is 0 Å². The molecule has 0 aliphatic heterocycles. The molecule has 0 saturated carbocycles. The van der Waals surface area contributed by atoms with E-state index in [1.807, 2.05) is 0 Å². The molecule has 0 bridgehead atoms. The van der Waals surface area contributed by atoms with Crippen LogP contribution in [0.4, 0.5) is 0 Å². The van der Waals surface area contributed by atoms with Gasteiger partial charge in [-0.15, -0.1) is 0 Å². The van der Waals surface area contributed by atoms with E-state index in [0.717, 1.165) is 18.8 Å². The molecule has 1 heteroatoms. The predicted octanol–water partition coefficient (Wildman–Crippen LogP) is 3.30. The summed E-state index contributed by atoms with van der Waals surface area (Å²) >= 11 is 0. The molecule has 0 rings (SSSR count). The topological polar surface area (TPSA) is 0 Å². The average Bonchev–Trinajstić information content (AvgIpc) is 1.83. The second-order valence-electron chi connectivity index (χ2n) is 2.39. The molecule has 0 aromatic rings. The Morgan fingerprint density at radius 2 is 1.80 bits per heavy atom. The Kier molecular flexibility index (Phi) is 22.0. The van der Waals surface area contributed by atoms with Gasteiger partial charge in [-0.2, -0.15) is 12.8 Å². The predicted molar refractivity (Wildman–Crippen MR) is 44.8 cm³/mol. The molecule has 58 valence electrons. The van der Waals surface area contributed by atoms with E-state index in [4.69, 9.17) is 0 Å². The first-order chi connectivity index (χ1) is 3.81. The molecular formula is C9H19Y. The van der Waals surface area contributed by atoms with Crippen LogP contribution in [0.2, 0.25) is 0 Å². The van der Waals surface area contributed by atoms with E-state index in [9.17, 15) is 0 Å². The van der Waals surface area contributed by atoms with Gasteiger partial charge in [-0.25, -0.2) is 0 Å². The normalized spacial score (nSPS) is 11.1. The number of hydrogen-bond donors (Lipinski definition) is 0. The van der Waals surface area contributed by atoms with Crippen molar-refractivity contribution in [3.05, 3.63) is 21.3 Å². The molecule has 0 aromatic heterocycles. The van der Waals surface area contributed by atoms with Crippen LogP contribution in [0, 0.1) is 27.2 Å². The van der Waals surface area contributed by atoms with Gasteiger partial charge in [0.1, 0.15) is 0 Å². The third-order valence-corrected chi connectivity index (χ3v) is 1.44. The molecule has 1 unspecified atom stereocenters. The van der Waals surface area contributed by atoms with E-state index in [1.54, 1.807) is 0 Å². The van der Waals surface area contributed by atoms with Crippen molar-refractivity contribution in [3.63, 3.8) is 0 Å². The summed E-state index contributed by atoms with van der Waals surface area (Å²) in [6.45, 7) is 9.83. The van der Waals surface area contributed by atoms with Crippen LogP contribution in [-0.2, 0) is 32.7 Å². The van der Waals surface area contributed by atoms with Crippen LogP contribution in [0.25, 0.3) is 0 Å². The van der Waals surface area contributed by atoms with Crippen molar-refractivity contribution in [2.45, 2.75) is 32.6 Å². The molecule has 0 fully saturated rings. The van der Waals surface area contributed by atoms with Crippen LogP contribution >= 0.6 is 0 Å². The minimum atomic E-state index is 0. The van der Waals surface area contributed by atoms with Gasteiger partial charge in [0.15, 0.2) is 0 Å². The van der Waals surface area contributed by atoms with Crippen molar-refractivity contribution in [1.29, 1.82) is 0 Å². The SMILES string of the molecule is [CH2-]CCCC(C)C[CH2-].[CH3-].[Y+3]. The third kappa shape index (κ3) is 11.8. The molecule has 1 atom stereocenters. The van der Waals surface area contributed by atoms with Crippen LogP contribution in [0.15, 0.2) is 0 Å². The van der Waals surface area contributed by atoms with Gasteiger partial charge in [0.2, 0.25) is 0 Å². The number of unbranched alkanes of at least 4 members (excludes halogenated alkanes) is 1. The minimum Gasteiger partial charge on any atom is -0.358 e. The van der Waals surface area contributed by atoms with E-state index >= 15 is 0 Å². The van der Waals surface area contributed by atoms with Crippen LogP contribution in [-0.4, -0.2) is 0 Å². The Morgan fingerprint density at radius 1 is 1.30 bits per heavy atom. The van der Waals surface area contributed by atoms with E-state index in [2.05, 4.69) is 20.8 Å². The molecule has 0 saturated heterocycles. The summed E-state index contributed by atoms with van der Waals surface area (Å²) in [4.78, 5) is 0. The molecule has 10 heavy (non-hydrogen) atoms. The fraction of sp³-hybridized carbons (Fsp3) is 0.667. The van der Waals surface area contributed by atoms with E-state index in [1.165, 1.54) is 12.8 Å². The summed E-state index contributed by atoms with van der Waals surface area (Å²) in [5.74, 6) is 0.803. The average molecular weight is 216 g/mol. The maximum absolute atomic E-state index is 3.82. The fourth-order valence-corrected chi connectivity index (χ4v) is 0.637. The van der Waals surface area contributed by atoms with Crippen molar-refractivity contribution in [3.8, 4) is 0 Å². The van der Waals surface area contributed by atoms with Gasteiger partial charge in [0.05, 0.1) is 0 Å². The Hall–Kier alpha value is 1.10. The molecule has 0 radical (unpaired) electrons. The first kappa shape index (κ1) is 17.3. The van der Waals surface area contributed by atoms with Crippen molar-refractivity contribution in [2.24, 2.45) is 5.92 Å². The molecule has 0 spiro atoms. The van der Waals surface area contributed by atoms with Crippen molar-refractivity contribution >= 4 is 0 Å². The Morgan fingerprint density at radius 3 is 2.10 bits per heavy atom. The smallest absolute Gasteiger partial charge is 0.358 e. The van der Waals surface area contributed by atoms with Crippen molar-refractivity contribution in [2.75, 3.05) is 0 Å². The monoisotopic (exact) mass is 216 g/mol. The van der Waals surface area contributed by atoms with Crippen molar-refractivity contribution < 1.29 is 32.7 Å². The minimum absolute atomic E-state index is 0. The maximum Gasteiger partial charge on any atom is 3.00 e. The molecular weight excluding hydrogens is 197 g/mol. The molecule has 0 heterocycles. The van der Waals surface area contributed by atoms with Gasteiger partial charge >= 0.3 is 32.7 Å². The van der Waals surface area contributed by atoms with Gasteiger partial charge in [-0.3, -0.25) is 0 Å². The number of rotatable bonds is 4. The molecule has 0 aliphatic carbocycles. The van der Waals surface area contributed by atoms with Crippen LogP contribution in [0.1, 0.15) is 32.6 Å². The maximum atomic E-state index is 3.82. The summed E-state index contributed by atoms with van der Waals surface area (Å²) in [5, 5.41) is 0. The summed E-state index contributed by atoms with van der Waals surface area (Å²) in [5.41, 5.74) is 0. The third-order valence-electron chi connectivity index (χ3n) is 1.44. The van der Waals surface area contributed by atoms with Crippen LogP contribution in [0.3, 0.4) is 0 Å². The van der Waals surface area contributed by atoms with Gasteiger partial charge < -0.3 is 21.3 Å². The Balaban J connectivity index is -0.000000245. The fourth-order valence-electron chi connectivity index (χ4n) is 0.637. The Bertz CT molecular complexity index is 44.0. The quantitative estimate of drug-likeness (QED) is 0.632. The standard InChI is InChI=1S/C8H16.CH3.Y/c1-4-6-7-8(3)5-2;;/h8H,1-2,4-7H2,3H3;1H3;/q-2;-1;+3. The summed E-state index contributed by atoms with van der Waals surface area (Å²) in [6, 6.07) is 0. The molecule has 0 nitrogen and oxygen atoms in total. The summed E-state index contributed by atoms with van der Waals surface area (Å²) < 4.78 is 0. The van der Waals surface area contributed by atoms with E-state index in [0.29, 0.717) is 0 Å². The zero-order chi connectivity index (χ0) is 6.41. The zero-order valence-electron chi connectivity index (χ0n) is 7.40. The molecule has 0 amide bonds. The van der Waals surface area contributed by atoms with Crippen LogP contribution in [0.5, 0.6) is 0 Å². The molecule has 0 aromatic carbocycles. The second kappa shape index (κ2) is 12.8. The van der Waals surface area contributed by atoms with Gasteiger partial charge in [-0.1, -0.05) is 25.7 Å². The molecule has 0 aliphatic rings. The summed E-state index contributed by atoms with van der Waals surface area (Å²) in [7, 11) is 0. The largest absolute Gasteiger partial charge is 3.00 e. The summed E-state index contributed by atoms with van der Waals surface area (Å²) in [6.07, 6.45) is 4.70. The Labute approximate surface area is 92.0 Å². The molecule has 0 N–H and O–H groups in total. The van der Waals surface area contributed by atoms with Gasteiger partial charge in [0.25, 0.3) is 0 Å². The zero-order valence-corrected chi connectivity index (χ0v) is 10.2. The first-order valence-electron chi connectivity index (χ1n) is 3.39. The van der Waals surface area contributed by atoms with E-state index in [-0.39, 0.29) is 40.1 Å². The number of hydrogen-bond acceptors (Lipinski definition) is 0. The van der Waals surface area contributed by atoms with Gasteiger partial charge in [-0.05, 0) is 0 Å². The second-order valence-corrected chi connectivity index (χ2v) is 2.39. The van der Waals surface area contributed by atoms with Gasteiger partial charge in [0, 0.05) is 0 Å².